The van der Waals surface area contributed by atoms with Crippen molar-refractivity contribution in [1.29, 1.82) is 0 Å². The molecule has 1 aliphatic rings. The Morgan fingerprint density at radius 1 is 1.11 bits per heavy atom. The van der Waals surface area contributed by atoms with Gasteiger partial charge < -0.3 is 0 Å². The number of rotatable bonds is 2. The van der Waals surface area contributed by atoms with Crippen LogP contribution in [0.1, 0.15) is 48.9 Å². The molecule has 18 heavy (non-hydrogen) atoms. The van der Waals surface area contributed by atoms with Gasteiger partial charge in [-0.25, -0.2) is 5.43 Å². The first-order valence-corrected chi connectivity index (χ1v) is 7.17. The third kappa shape index (κ3) is 3.67. The third-order valence-electron chi connectivity index (χ3n) is 3.11. The van der Waals surface area contributed by atoms with Crippen LogP contribution in [-0.2, 0) is 0 Å². The van der Waals surface area contributed by atoms with Gasteiger partial charge in [0.25, 0.3) is 5.91 Å². The fourth-order valence-electron chi connectivity index (χ4n) is 2.08. The SMILES string of the molecule is O=C(NN=C1CCCCCC1)c1ccccc1Br. The molecule has 0 aliphatic heterocycles. The molecule has 3 nitrogen and oxygen atoms in total. The molecular formula is C14H17BrN2O. The second kappa shape index (κ2) is 6.69. The lowest BCUT2D eigenvalue weighted by Gasteiger charge is -2.05. The number of benzene rings is 1. The van der Waals surface area contributed by atoms with Gasteiger partial charge in [0, 0.05) is 10.2 Å². The van der Waals surface area contributed by atoms with Crippen LogP contribution in [0.15, 0.2) is 33.8 Å². The van der Waals surface area contributed by atoms with Gasteiger partial charge in [-0.15, -0.1) is 0 Å². The predicted octanol–water partition coefficient (Wildman–Crippen LogP) is 3.89. The summed E-state index contributed by atoms with van der Waals surface area (Å²) in [7, 11) is 0. The first-order valence-electron chi connectivity index (χ1n) is 6.37. The summed E-state index contributed by atoms with van der Waals surface area (Å²) >= 11 is 3.37. The van der Waals surface area contributed by atoms with Gasteiger partial charge in [0.2, 0.25) is 0 Å². The molecule has 96 valence electrons. The second-order valence-corrected chi connectivity index (χ2v) is 5.37. The minimum absolute atomic E-state index is 0.153. The van der Waals surface area contributed by atoms with Crippen LogP contribution in [0.25, 0.3) is 0 Å². The van der Waals surface area contributed by atoms with E-state index in [1.54, 1.807) is 6.07 Å². The molecule has 1 N–H and O–H groups in total. The van der Waals surface area contributed by atoms with E-state index in [1.165, 1.54) is 25.7 Å². The number of halogens is 1. The fraction of sp³-hybridized carbons (Fsp3) is 0.429. The smallest absolute Gasteiger partial charge is 0.267 e. The molecule has 1 aromatic carbocycles. The van der Waals surface area contributed by atoms with Gasteiger partial charge in [-0.2, -0.15) is 5.10 Å². The van der Waals surface area contributed by atoms with E-state index in [0.29, 0.717) is 5.56 Å². The fourth-order valence-corrected chi connectivity index (χ4v) is 2.55. The molecule has 0 unspecified atom stereocenters. The largest absolute Gasteiger partial charge is 0.272 e. The van der Waals surface area contributed by atoms with Crippen molar-refractivity contribution in [1.82, 2.24) is 5.43 Å². The summed E-state index contributed by atoms with van der Waals surface area (Å²) in [6.07, 6.45) is 6.94. The summed E-state index contributed by atoms with van der Waals surface area (Å²) in [5.41, 5.74) is 4.40. The summed E-state index contributed by atoms with van der Waals surface area (Å²) in [5.74, 6) is -0.153. The standard InChI is InChI=1S/C14H17BrN2O/c15-13-10-6-5-9-12(13)14(18)17-16-11-7-3-1-2-4-8-11/h5-6,9-10H,1-4,7-8H2,(H,17,18). The van der Waals surface area contributed by atoms with E-state index in [-0.39, 0.29) is 5.91 Å². The molecule has 1 fully saturated rings. The number of hydrazone groups is 1. The Morgan fingerprint density at radius 3 is 2.44 bits per heavy atom. The molecule has 0 heterocycles. The molecule has 0 spiro atoms. The van der Waals surface area contributed by atoms with Crippen molar-refractivity contribution in [3.63, 3.8) is 0 Å². The molecule has 0 aromatic heterocycles. The van der Waals surface area contributed by atoms with Crippen molar-refractivity contribution >= 4 is 27.5 Å². The summed E-state index contributed by atoms with van der Waals surface area (Å²) < 4.78 is 0.795. The average Bonchev–Trinajstić information content (AvgIpc) is 2.65. The highest BCUT2D eigenvalue weighted by Crippen LogP contribution is 2.16. The molecule has 0 saturated heterocycles. The first-order chi connectivity index (χ1) is 8.77. The Bertz CT molecular complexity index is 447. The molecular weight excluding hydrogens is 292 g/mol. The van der Waals surface area contributed by atoms with E-state index >= 15 is 0 Å². The lowest BCUT2D eigenvalue weighted by atomic mass is 10.2. The minimum atomic E-state index is -0.153. The molecule has 1 aliphatic carbocycles. The Morgan fingerprint density at radius 2 is 1.78 bits per heavy atom. The molecule has 0 radical (unpaired) electrons. The van der Waals surface area contributed by atoms with Crippen LogP contribution in [0.3, 0.4) is 0 Å². The zero-order valence-electron chi connectivity index (χ0n) is 10.3. The van der Waals surface area contributed by atoms with E-state index in [9.17, 15) is 4.79 Å². The van der Waals surface area contributed by atoms with Crippen LogP contribution >= 0.6 is 15.9 Å². The van der Waals surface area contributed by atoms with E-state index in [4.69, 9.17) is 0 Å². The number of nitrogens with zero attached hydrogens (tertiary/aromatic N) is 1. The molecule has 1 saturated carbocycles. The summed E-state index contributed by atoms with van der Waals surface area (Å²) in [5, 5.41) is 4.26. The van der Waals surface area contributed by atoms with E-state index in [2.05, 4.69) is 26.5 Å². The average molecular weight is 309 g/mol. The normalized spacial score (nSPS) is 15.9. The number of nitrogens with one attached hydrogen (secondary N) is 1. The van der Waals surface area contributed by atoms with Crippen molar-refractivity contribution in [2.45, 2.75) is 38.5 Å². The van der Waals surface area contributed by atoms with Crippen LogP contribution in [0, 0.1) is 0 Å². The highest BCUT2D eigenvalue weighted by molar-refractivity contribution is 9.10. The highest BCUT2D eigenvalue weighted by Gasteiger charge is 2.10. The number of hydrogen-bond acceptors (Lipinski definition) is 2. The molecule has 0 atom stereocenters. The lowest BCUT2D eigenvalue weighted by Crippen LogP contribution is -2.20. The van der Waals surface area contributed by atoms with Crippen LogP contribution < -0.4 is 5.43 Å². The van der Waals surface area contributed by atoms with Gasteiger partial charge >= 0.3 is 0 Å². The van der Waals surface area contributed by atoms with Crippen molar-refractivity contribution in [3.8, 4) is 0 Å². The first kappa shape index (κ1) is 13.3. The van der Waals surface area contributed by atoms with E-state index < -0.39 is 0 Å². The van der Waals surface area contributed by atoms with Crippen LogP contribution in [0.5, 0.6) is 0 Å². The van der Waals surface area contributed by atoms with Crippen molar-refractivity contribution < 1.29 is 4.79 Å². The Kier molecular flexibility index (Phi) is 4.93. The topological polar surface area (TPSA) is 41.5 Å². The molecule has 0 bridgehead atoms. The number of carbonyl (C=O) groups is 1. The maximum Gasteiger partial charge on any atom is 0.272 e. The molecule has 2 rings (SSSR count). The van der Waals surface area contributed by atoms with E-state index in [0.717, 1.165) is 23.0 Å². The Labute approximate surface area is 116 Å². The zero-order chi connectivity index (χ0) is 12.8. The van der Waals surface area contributed by atoms with Crippen LogP contribution in [0.2, 0.25) is 0 Å². The van der Waals surface area contributed by atoms with Gasteiger partial charge in [0.05, 0.1) is 5.56 Å². The quantitative estimate of drug-likeness (QED) is 0.653. The highest BCUT2D eigenvalue weighted by atomic mass is 79.9. The van der Waals surface area contributed by atoms with E-state index in [1.807, 2.05) is 18.2 Å². The molecule has 1 aromatic rings. The van der Waals surface area contributed by atoms with Crippen LogP contribution in [-0.4, -0.2) is 11.6 Å². The Balaban J connectivity index is 1.99. The predicted molar refractivity (Wildman–Crippen MR) is 76.7 cm³/mol. The lowest BCUT2D eigenvalue weighted by molar-refractivity contribution is 0.0954. The van der Waals surface area contributed by atoms with Crippen LogP contribution in [0.4, 0.5) is 0 Å². The minimum Gasteiger partial charge on any atom is -0.267 e. The Hall–Kier alpha value is -1.16. The zero-order valence-corrected chi connectivity index (χ0v) is 11.9. The van der Waals surface area contributed by atoms with Gasteiger partial charge in [-0.05, 0) is 53.7 Å². The summed E-state index contributed by atoms with van der Waals surface area (Å²) in [6, 6.07) is 7.37. The third-order valence-corrected chi connectivity index (χ3v) is 3.81. The van der Waals surface area contributed by atoms with Crippen molar-refractivity contribution in [2.75, 3.05) is 0 Å². The van der Waals surface area contributed by atoms with Crippen molar-refractivity contribution in [2.24, 2.45) is 5.10 Å². The van der Waals surface area contributed by atoms with Crippen molar-refractivity contribution in [3.05, 3.63) is 34.3 Å². The summed E-state index contributed by atoms with van der Waals surface area (Å²) in [4.78, 5) is 11.9. The maximum atomic E-state index is 11.9. The van der Waals surface area contributed by atoms with Gasteiger partial charge in [-0.3, -0.25) is 4.79 Å². The monoisotopic (exact) mass is 308 g/mol. The second-order valence-electron chi connectivity index (χ2n) is 4.51. The van der Waals surface area contributed by atoms with Gasteiger partial charge in [0.1, 0.15) is 0 Å². The number of carbonyl (C=O) groups excluding carboxylic acids is 1. The van der Waals surface area contributed by atoms with Gasteiger partial charge in [0.15, 0.2) is 0 Å². The molecule has 4 heteroatoms. The maximum absolute atomic E-state index is 11.9. The van der Waals surface area contributed by atoms with Gasteiger partial charge in [-0.1, -0.05) is 25.0 Å². The summed E-state index contributed by atoms with van der Waals surface area (Å²) in [6.45, 7) is 0. The number of amides is 1. The number of hydrogen-bond donors (Lipinski definition) is 1. The molecule has 1 amide bonds.